The Bertz CT molecular complexity index is 902. The molecule has 3 rings (SSSR count). The van der Waals surface area contributed by atoms with E-state index in [1.165, 1.54) is 6.20 Å². The van der Waals surface area contributed by atoms with Crippen LogP contribution in [0, 0.1) is 0 Å². The second-order valence-corrected chi connectivity index (χ2v) is 6.27. The van der Waals surface area contributed by atoms with Gasteiger partial charge in [0.15, 0.2) is 0 Å². The molecule has 0 saturated carbocycles. The third kappa shape index (κ3) is 3.33. The average Bonchev–Trinajstić information content (AvgIpc) is 3.04. The highest BCUT2D eigenvalue weighted by Crippen LogP contribution is 2.25. The van der Waals surface area contributed by atoms with Gasteiger partial charge >= 0.3 is 0 Å². The van der Waals surface area contributed by atoms with E-state index in [9.17, 15) is 4.79 Å². The lowest BCUT2D eigenvalue weighted by molar-refractivity contribution is 0.0784. The van der Waals surface area contributed by atoms with Crippen molar-refractivity contribution in [2.24, 2.45) is 0 Å². The van der Waals surface area contributed by atoms with Crippen LogP contribution in [0.25, 0.3) is 11.1 Å². The van der Waals surface area contributed by atoms with Crippen LogP contribution in [-0.2, 0) is 6.54 Å². The van der Waals surface area contributed by atoms with Gasteiger partial charge in [-0.2, -0.15) is 0 Å². The van der Waals surface area contributed by atoms with Crippen molar-refractivity contribution in [2.45, 2.75) is 26.3 Å². The number of nitrogens with zero attached hydrogens (tertiary/aromatic N) is 3. The minimum atomic E-state index is -0.115. The maximum absolute atomic E-state index is 12.8. The van der Waals surface area contributed by atoms with Crippen LogP contribution in [0.15, 0.2) is 41.1 Å². The average molecular weight is 339 g/mol. The third-order valence-electron chi connectivity index (χ3n) is 4.10. The summed E-state index contributed by atoms with van der Waals surface area (Å²) >= 11 is 0. The lowest BCUT2D eigenvalue weighted by atomic mass is 10.1. The molecule has 0 aliphatic carbocycles. The minimum absolute atomic E-state index is 0.115. The zero-order chi connectivity index (χ0) is 18.0. The highest BCUT2D eigenvalue weighted by atomic mass is 16.5. The first-order valence-electron chi connectivity index (χ1n) is 8.14. The monoisotopic (exact) mass is 339 g/mol. The molecule has 6 nitrogen and oxygen atoms in total. The number of carbonyl (C=O) groups excluding carboxylic acids is 1. The Morgan fingerprint density at radius 2 is 2.08 bits per heavy atom. The summed E-state index contributed by atoms with van der Waals surface area (Å²) in [4.78, 5) is 18.7. The quantitative estimate of drug-likeness (QED) is 0.710. The van der Waals surface area contributed by atoms with Crippen molar-refractivity contribution in [1.29, 1.82) is 0 Å². The second kappa shape index (κ2) is 6.93. The zero-order valence-electron chi connectivity index (χ0n) is 14.8. The first-order valence-corrected chi connectivity index (χ1v) is 8.14. The molecule has 130 valence electrons. The number of carbonyl (C=O) groups is 1. The summed E-state index contributed by atoms with van der Waals surface area (Å²) in [5.41, 5.74) is 2.72. The van der Waals surface area contributed by atoms with Gasteiger partial charge in [-0.25, -0.2) is 4.98 Å². The van der Waals surface area contributed by atoms with E-state index in [1.54, 1.807) is 25.1 Å². The van der Waals surface area contributed by atoms with Crippen LogP contribution in [-0.4, -0.2) is 35.1 Å². The van der Waals surface area contributed by atoms with Gasteiger partial charge in [0.1, 0.15) is 5.75 Å². The smallest absolute Gasteiger partial charge is 0.257 e. The number of pyridine rings is 1. The van der Waals surface area contributed by atoms with Crippen LogP contribution in [0.1, 0.15) is 41.4 Å². The van der Waals surface area contributed by atoms with Gasteiger partial charge in [0.2, 0.25) is 0 Å². The third-order valence-corrected chi connectivity index (χ3v) is 4.10. The summed E-state index contributed by atoms with van der Waals surface area (Å²) in [5.74, 6) is 0.841. The van der Waals surface area contributed by atoms with Crippen LogP contribution in [0.5, 0.6) is 5.75 Å². The molecule has 0 saturated heterocycles. The molecule has 0 unspecified atom stereocenters. The molecule has 0 radical (unpaired) electrons. The molecule has 2 aromatic heterocycles. The van der Waals surface area contributed by atoms with Crippen molar-refractivity contribution in [1.82, 2.24) is 15.0 Å². The number of methoxy groups -OCH3 is 1. The SMILES string of the molecule is COc1ccccc1CN(C)C(=O)c1cnc2onc(C(C)C)c2c1. The van der Waals surface area contributed by atoms with E-state index >= 15 is 0 Å². The zero-order valence-corrected chi connectivity index (χ0v) is 14.8. The van der Waals surface area contributed by atoms with Crippen molar-refractivity contribution >= 4 is 17.0 Å². The topological polar surface area (TPSA) is 68.5 Å². The second-order valence-electron chi connectivity index (χ2n) is 6.27. The molecule has 0 aliphatic rings. The molecule has 0 N–H and O–H groups in total. The first-order chi connectivity index (χ1) is 12.0. The van der Waals surface area contributed by atoms with E-state index in [0.29, 0.717) is 17.8 Å². The summed E-state index contributed by atoms with van der Waals surface area (Å²) in [6.07, 6.45) is 1.53. The normalized spacial score (nSPS) is 11.1. The molecule has 2 heterocycles. The molecule has 0 bridgehead atoms. The van der Waals surface area contributed by atoms with Crippen molar-refractivity contribution in [3.8, 4) is 5.75 Å². The van der Waals surface area contributed by atoms with E-state index in [0.717, 1.165) is 22.4 Å². The fourth-order valence-corrected chi connectivity index (χ4v) is 2.76. The summed E-state index contributed by atoms with van der Waals surface area (Å²) in [5, 5.41) is 4.84. The van der Waals surface area contributed by atoms with E-state index in [1.807, 2.05) is 38.1 Å². The molecule has 1 aromatic carbocycles. The van der Waals surface area contributed by atoms with Crippen molar-refractivity contribution < 1.29 is 14.1 Å². The first kappa shape index (κ1) is 17.0. The van der Waals surface area contributed by atoms with Gasteiger partial charge in [-0.3, -0.25) is 4.79 Å². The molecule has 3 aromatic rings. The number of ether oxygens (including phenoxy) is 1. The largest absolute Gasteiger partial charge is 0.496 e. The Labute approximate surface area is 146 Å². The van der Waals surface area contributed by atoms with Gasteiger partial charge in [-0.15, -0.1) is 0 Å². The predicted octanol–water partition coefficient (Wildman–Crippen LogP) is 3.63. The lowest BCUT2D eigenvalue weighted by Crippen LogP contribution is -2.26. The standard InChI is InChI=1S/C19H21N3O3/c1-12(2)17-15-9-14(10-20-18(15)25-21-17)19(23)22(3)11-13-7-5-6-8-16(13)24-4/h5-10,12H,11H2,1-4H3. The van der Waals surface area contributed by atoms with Gasteiger partial charge in [0.25, 0.3) is 11.6 Å². The summed E-state index contributed by atoms with van der Waals surface area (Å²) in [6, 6.07) is 9.46. The Balaban J connectivity index is 1.87. The number of amides is 1. The lowest BCUT2D eigenvalue weighted by Gasteiger charge is -2.18. The Hall–Kier alpha value is -2.89. The van der Waals surface area contributed by atoms with Crippen molar-refractivity contribution in [3.05, 3.63) is 53.3 Å². The number of rotatable bonds is 5. The number of hydrogen-bond acceptors (Lipinski definition) is 5. The maximum Gasteiger partial charge on any atom is 0.257 e. The molecule has 6 heteroatoms. The van der Waals surface area contributed by atoms with Gasteiger partial charge in [-0.1, -0.05) is 37.2 Å². The van der Waals surface area contributed by atoms with Crippen LogP contribution in [0.3, 0.4) is 0 Å². The molecular weight excluding hydrogens is 318 g/mol. The van der Waals surface area contributed by atoms with Crippen LogP contribution < -0.4 is 4.74 Å². The van der Waals surface area contributed by atoms with Gasteiger partial charge < -0.3 is 14.2 Å². The van der Waals surface area contributed by atoms with Gasteiger partial charge in [0, 0.05) is 25.4 Å². The molecule has 1 amide bonds. The molecule has 0 atom stereocenters. The van der Waals surface area contributed by atoms with E-state index in [-0.39, 0.29) is 11.8 Å². The maximum atomic E-state index is 12.8. The molecule has 0 fully saturated rings. The van der Waals surface area contributed by atoms with Crippen molar-refractivity contribution in [2.75, 3.05) is 14.2 Å². The van der Waals surface area contributed by atoms with Gasteiger partial charge in [0.05, 0.1) is 23.8 Å². The Morgan fingerprint density at radius 1 is 1.32 bits per heavy atom. The molecule has 25 heavy (non-hydrogen) atoms. The summed E-state index contributed by atoms with van der Waals surface area (Å²) < 4.78 is 10.6. The van der Waals surface area contributed by atoms with E-state index < -0.39 is 0 Å². The highest BCUT2D eigenvalue weighted by Gasteiger charge is 2.18. The molecule has 0 spiro atoms. The van der Waals surface area contributed by atoms with Crippen LogP contribution in [0.2, 0.25) is 0 Å². The minimum Gasteiger partial charge on any atom is -0.496 e. The fourth-order valence-electron chi connectivity index (χ4n) is 2.76. The summed E-state index contributed by atoms with van der Waals surface area (Å²) in [6.45, 7) is 4.50. The predicted molar refractivity (Wildman–Crippen MR) is 94.7 cm³/mol. The molecular formula is C19H21N3O3. The fraction of sp³-hybridized carbons (Fsp3) is 0.316. The summed E-state index contributed by atoms with van der Waals surface area (Å²) in [7, 11) is 3.38. The van der Waals surface area contributed by atoms with Crippen LogP contribution in [0.4, 0.5) is 0 Å². The Kier molecular flexibility index (Phi) is 4.70. The number of hydrogen-bond donors (Lipinski definition) is 0. The van der Waals surface area contributed by atoms with Gasteiger partial charge in [-0.05, 0) is 18.1 Å². The number of aromatic nitrogens is 2. The highest BCUT2D eigenvalue weighted by molar-refractivity contribution is 5.97. The molecule has 0 aliphatic heterocycles. The Morgan fingerprint density at radius 3 is 2.80 bits per heavy atom. The van der Waals surface area contributed by atoms with E-state index in [2.05, 4.69) is 10.1 Å². The number of para-hydroxylation sites is 1. The number of benzene rings is 1. The van der Waals surface area contributed by atoms with Crippen molar-refractivity contribution in [3.63, 3.8) is 0 Å². The number of fused-ring (bicyclic) bond motifs is 1. The van der Waals surface area contributed by atoms with E-state index in [4.69, 9.17) is 9.26 Å². The van der Waals surface area contributed by atoms with Crippen LogP contribution >= 0.6 is 0 Å².